The van der Waals surface area contributed by atoms with E-state index in [4.69, 9.17) is 4.74 Å². The van der Waals surface area contributed by atoms with E-state index in [1.807, 2.05) is 9.80 Å². The van der Waals surface area contributed by atoms with Crippen molar-refractivity contribution in [2.75, 3.05) is 39.3 Å². The smallest absolute Gasteiger partial charge is 0.250 e. The Bertz CT molecular complexity index is 378. The molecule has 1 N–H and O–H groups in total. The SMILES string of the molecule is O=C(NC1CC1)C1CN(CC(=O)N2CCCC2)CCO1. The Morgan fingerprint density at radius 1 is 1.15 bits per heavy atom. The molecule has 1 unspecified atom stereocenters. The zero-order chi connectivity index (χ0) is 13.9. The molecule has 2 aliphatic heterocycles. The van der Waals surface area contributed by atoms with Gasteiger partial charge in [0.1, 0.15) is 6.10 Å². The lowest BCUT2D eigenvalue weighted by atomic mass is 10.2. The highest BCUT2D eigenvalue weighted by molar-refractivity contribution is 5.82. The van der Waals surface area contributed by atoms with Crippen LogP contribution in [0.4, 0.5) is 0 Å². The zero-order valence-corrected chi connectivity index (χ0v) is 11.8. The number of hydrogen-bond acceptors (Lipinski definition) is 4. The Hall–Kier alpha value is -1.14. The summed E-state index contributed by atoms with van der Waals surface area (Å²) in [6.45, 7) is 3.96. The third-order valence-corrected chi connectivity index (χ3v) is 4.18. The highest BCUT2D eigenvalue weighted by Gasteiger charge is 2.32. The topological polar surface area (TPSA) is 61.9 Å². The summed E-state index contributed by atoms with van der Waals surface area (Å²) in [4.78, 5) is 28.1. The highest BCUT2D eigenvalue weighted by atomic mass is 16.5. The van der Waals surface area contributed by atoms with E-state index >= 15 is 0 Å². The fourth-order valence-corrected chi connectivity index (χ4v) is 2.78. The minimum Gasteiger partial charge on any atom is -0.366 e. The quantitative estimate of drug-likeness (QED) is 0.761. The van der Waals surface area contributed by atoms with Gasteiger partial charge in [-0.25, -0.2) is 0 Å². The van der Waals surface area contributed by atoms with Crippen molar-refractivity contribution in [3.05, 3.63) is 0 Å². The monoisotopic (exact) mass is 281 g/mol. The standard InChI is InChI=1S/C14H23N3O3/c18-13(17-5-1-2-6-17)10-16-7-8-20-12(9-16)14(19)15-11-3-4-11/h11-12H,1-10H2,(H,15,19). The van der Waals surface area contributed by atoms with Gasteiger partial charge in [-0.2, -0.15) is 0 Å². The fraction of sp³-hybridized carbons (Fsp3) is 0.857. The summed E-state index contributed by atoms with van der Waals surface area (Å²) in [6.07, 6.45) is 3.96. The van der Waals surface area contributed by atoms with Gasteiger partial charge in [0.05, 0.1) is 13.2 Å². The summed E-state index contributed by atoms with van der Waals surface area (Å²) in [5.74, 6) is 0.163. The van der Waals surface area contributed by atoms with Crippen molar-refractivity contribution in [1.82, 2.24) is 15.1 Å². The van der Waals surface area contributed by atoms with Gasteiger partial charge in [-0.15, -0.1) is 0 Å². The van der Waals surface area contributed by atoms with Crippen LogP contribution in [-0.2, 0) is 14.3 Å². The fourth-order valence-electron chi connectivity index (χ4n) is 2.78. The van der Waals surface area contributed by atoms with Gasteiger partial charge in [0.2, 0.25) is 5.91 Å². The van der Waals surface area contributed by atoms with Crippen LogP contribution in [0.3, 0.4) is 0 Å². The summed E-state index contributed by atoms with van der Waals surface area (Å²) in [5.41, 5.74) is 0. The second-order valence-electron chi connectivity index (χ2n) is 5.97. The Morgan fingerprint density at radius 2 is 1.90 bits per heavy atom. The number of ether oxygens (including phenoxy) is 1. The van der Waals surface area contributed by atoms with Crippen molar-refractivity contribution >= 4 is 11.8 Å². The zero-order valence-electron chi connectivity index (χ0n) is 11.8. The van der Waals surface area contributed by atoms with Gasteiger partial charge in [0, 0.05) is 32.2 Å². The van der Waals surface area contributed by atoms with Gasteiger partial charge in [0.15, 0.2) is 0 Å². The normalized spacial score (nSPS) is 27.6. The number of nitrogens with zero attached hydrogens (tertiary/aromatic N) is 2. The van der Waals surface area contributed by atoms with Crippen molar-refractivity contribution in [3.8, 4) is 0 Å². The van der Waals surface area contributed by atoms with Gasteiger partial charge < -0.3 is 15.0 Å². The molecular formula is C14H23N3O3. The van der Waals surface area contributed by atoms with Gasteiger partial charge in [-0.3, -0.25) is 14.5 Å². The van der Waals surface area contributed by atoms with E-state index in [-0.39, 0.29) is 11.8 Å². The van der Waals surface area contributed by atoms with Crippen molar-refractivity contribution in [3.63, 3.8) is 0 Å². The third-order valence-electron chi connectivity index (χ3n) is 4.18. The van der Waals surface area contributed by atoms with Crippen LogP contribution in [0, 0.1) is 0 Å². The van der Waals surface area contributed by atoms with Crippen LogP contribution in [0.25, 0.3) is 0 Å². The van der Waals surface area contributed by atoms with E-state index < -0.39 is 6.10 Å². The molecule has 0 bridgehead atoms. The first kappa shape index (κ1) is 13.8. The second kappa shape index (κ2) is 6.10. The number of likely N-dealkylation sites (tertiary alicyclic amines) is 1. The van der Waals surface area contributed by atoms with Crippen molar-refractivity contribution in [1.29, 1.82) is 0 Å². The Kier molecular flexibility index (Phi) is 4.21. The molecule has 2 saturated heterocycles. The summed E-state index contributed by atoms with van der Waals surface area (Å²) in [5, 5.41) is 2.97. The molecule has 0 radical (unpaired) electrons. The van der Waals surface area contributed by atoms with Crippen molar-refractivity contribution in [2.45, 2.75) is 37.8 Å². The lowest BCUT2D eigenvalue weighted by molar-refractivity contribution is -0.142. The van der Waals surface area contributed by atoms with Crippen LogP contribution < -0.4 is 5.32 Å². The van der Waals surface area contributed by atoms with Crippen molar-refractivity contribution < 1.29 is 14.3 Å². The maximum absolute atomic E-state index is 12.1. The van der Waals surface area contributed by atoms with Crippen LogP contribution in [0.1, 0.15) is 25.7 Å². The lowest BCUT2D eigenvalue weighted by Crippen LogP contribution is -2.52. The maximum Gasteiger partial charge on any atom is 0.250 e. The molecule has 3 fully saturated rings. The minimum atomic E-state index is -0.421. The molecular weight excluding hydrogens is 258 g/mol. The summed E-state index contributed by atoms with van der Waals surface area (Å²) in [6, 6.07) is 0.354. The molecule has 1 atom stereocenters. The van der Waals surface area contributed by atoms with Gasteiger partial charge in [-0.05, 0) is 25.7 Å². The molecule has 2 heterocycles. The molecule has 20 heavy (non-hydrogen) atoms. The molecule has 0 aromatic heterocycles. The van der Waals surface area contributed by atoms with E-state index in [1.165, 1.54) is 0 Å². The van der Waals surface area contributed by atoms with Gasteiger partial charge >= 0.3 is 0 Å². The number of hydrogen-bond donors (Lipinski definition) is 1. The largest absolute Gasteiger partial charge is 0.366 e. The van der Waals surface area contributed by atoms with Crippen LogP contribution >= 0.6 is 0 Å². The van der Waals surface area contributed by atoms with Crippen LogP contribution in [0.2, 0.25) is 0 Å². The molecule has 0 aromatic carbocycles. The molecule has 6 nitrogen and oxygen atoms in total. The number of rotatable bonds is 4. The maximum atomic E-state index is 12.1. The molecule has 0 spiro atoms. The second-order valence-corrected chi connectivity index (χ2v) is 5.97. The van der Waals surface area contributed by atoms with E-state index in [9.17, 15) is 9.59 Å². The van der Waals surface area contributed by atoms with E-state index in [2.05, 4.69) is 5.32 Å². The molecule has 112 valence electrons. The first-order valence-corrected chi connectivity index (χ1v) is 7.64. The molecule has 3 rings (SSSR count). The summed E-state index contributed by atoms with van der Waals surface area (Å²) in [7, 11) is 0. The molecule has 1 aliphatic carbocycles. The molecule has 3 aliphatic rings. The van der Waals surface area contributed by atoms with Gasteiger partial charge in [0.25, 0.3) is 5.91 Å². The summed E-state index contributed by atoms with van der Waals surface area (Å²) < 4.78 is 5.53. The number of morpholine rings is 1. The minimum absolute atomic E-state index is 0.0224. The Labute approximate surface area is 119 Å². The van der Waals surface area contributed by atoms with Gasteiger partial charge in [-0.1, -0.05) is 0 Å². The van der Waals surface area contributed by atoms with Crippen LogP contribution in [-0.4, -0.2) is 73.1 Å². The first-order chi connectivity index (χ1) is 9.72. The molecule has 2 amide bonds. The Balaban J connectivity index is 1.46. The number of amides is 2. The van der Waals surface area contributed by atoms with E-state index in [0.29, 0.717) is 25.7 Å². The summed E-state index contributed by atoms with van der Waals surface area (Å²) >= 11 is 0. The average Bonchev–Trinajstić information content (AvgIpc) is 3.08. The van der Waals surface area contributed by atoms with E-state index in [1.54, 1.807) is 0 Å². The predicted molar refractivity (Wildman–Crippen MR) is 73.2 cm³/mol. The van der Waals surface area contributed by atoms with Crippen LogP contribution in [0.5, 0.6) is 0 Å². The number of carbonyl (C=O) groups excluding carboxylic acids is 2. The lowest BCUT2D eigenvalue weighted by Gasteiger charge is -2.32. The molecule has 0 aromatic rings. The molecule has 6 heteroatoms. The highest BCUT2D eigenvalue weighted by Crippen LogP contribution is 2.19. The van der Waals surface area contributed by atoms with Crippen LogP contribution in [0.15, 0.2) is 0 Å². The number of carbonyl (C=O) groups is 2. The Morgan fingerprint density at radius 3 is 2.60 bits per heavy atom. The van der Waals surface area contributed by atoms with Crippen molar-refractivity contribution in [2.24, 2.45) is 0 Å². The third kappa shape index (κ3) is 3.49. The average molecular weight is 281 g/mol. The first-order valence-electron chi connectivity index (χ1n) is 7.64. The van der Waals surface area contributed by atoms with E-state index in [0.717, 1.165) is 45.3 Å². The molecule has 1 saturated carbocycles. The predicted octanol–water partition coefficient (Wildman–Crippen LogP) is -0.412. The number of nitrogens with one attached hydrogen (secondary N) is 1.